The molecule has 2 N–H and O–H groups in total. The lowest BCUT2D eigenvalue weighted by Crippen LogP contribution is -2.28. The first-order valence-corrected chi connectivity index (χ1v) is 6.66. The van der Waals surface area contributed by atoms with E-state index in [2.05, 4.69) is 38.1 Å². The Bertz CT molecular complexity index is 509. The van der Waals surface area contributed by atoms with Crippen LogP contribution in [0, 0.1) is 0 Å². The molecule has 96 valence electrons. The largest absolute Gasteiger partial charge is 0.366 e. The average Bonchev–Trinajstić information content (AvgIpc) is 2.74. The molecule has 0 fully saturated rings. The fourth-order valence-electron chi connectivity index (χ4n) is 1.90. The molecule has 2 aromatic rings. The van der Waals surface area contributed by atoms with E-state index in [9.17, 15) is 0 Å². The van der Waals surface area contributed by atoms with Crippen molar-refractivity contribution in [3.05, 3.63) is 46.7 Å². The van der Waals surface area contributed by atoms with Crippen molar-refractivity contribution >= 4 is 21.6 Å². The number of aryl methyl sites for hydroxylation is 1. The molecule has 0 atom stereocenters. The highest BCUT2D eigenvalue weighted by Crippen LogP contribution is 2.21. The van der Waals surface area contributed by atoms with Crippen molar-refractivity contribution in [2.75, 3.05) is 18.0 Å². The summed E-state index contributed by atoms with van der Waals surface area (Å²) in [5, 5.41) is 4.19. The summed E-state index contributed by atoms with van der Waals surface area (Å²) in [7, 11) is 1.93. The van der Waals surface area contributed by atoms with Crippen LogP contribution in [0.2, 0.25) is 0 Å². The van der Waals surface area contributed by atoms with E-state index in [0.717, 1.165) is 17.6 Å². The van der Waals surface area contributed by atoms with E-state index in [4.69, 9.17) is 5.73 Å². The van der Waals surface area contributed by atoms with Gasteiger partial charge in [-0.25, -0.2) is 0 Å². The van der Waals surface area contributed by atoms with Crippen molar-refractivity contribution in [1.29, 1.82) is 0 Å². The average molecular weight is 309 g/mol. The van der Waals surface area contributed by atoms with Crippen molar-refractivity contribution in [2.24, 2.45) is 12.8 Å². The molecule has 18 heavy (non-hydrogen) atoms. The number of rotatable bonds is 5. The van der Waals surface area contributed by atoms with Crippen molar-refractivity contribution in [3.63, 3.8) is 0 Å². The molecule has 1 aromatic heterocycles. The summed E-state index contributed by atoms with van der Waals surface area (Å²) in [6.45, 7) is 2.28. The molecule has 0 unspecified atom stereocenters. The van der Waals surface area contributed by atoms with Gasteiger partial charge in [-0.1, -0.05) is 22.0 Å². The van der Waals surface area contributed by atoms with E-state index in [0.29, 0.717) is 6.54 Å². The second kappa shape index (κ2) is 6.02. The van der Waals surface area contributed by atoms with Crippen LogP contribution in [-0.2, 0) is 13.6 Å². The third-order valence-corrected chi connectivity index (χ3v) is 3.20. The molecule has 0 aliphatic rings. The first kappa shape index (κ1) is 13.1. The second-order valence-corrected chi connectivity index (χ2v) is 5.13. The topological polar surface area (TPSA) is 47.1 Å². The lowest BCUT2D eigenvalue weighted by Gasteiger charge is -2.23. The molecule has 0 amide bonds. The Hall–Kier alpha value is -1.33. The molecule has 5 heteroatoms. The number of anilines is 1. The smallest absolute Gasteiger partial charge is 0.0539 e. The molecule has 0 saturated heterocycles. The van der Waals surface area contributed by atoms with E-state index in [-0.39, 0.29) is 0 Å². The van der Waals surface area contributed by atoms with Gasteiger partial charge in [0.2, 0.25) is 0 Å². The Morgan fingerprint density at radius 2 is 2.28 bits per heavy atom. The van der Waals surface area contributed by atoms with Gasteiger partial charge in [-0.2, -0.15) is 5.10 Å². The molecule has 0 aliphatic carbocycles. The number of hydrogen-bond donors (Lipinski definition) is 1. The molecular formula is C13H17BrN4. The van der Waals surface area contributed by atoms with Crippen LogP contribution in [0.4, 0.5) is 5.69 Å². The fraction of sp³-hybridized carbons (Fsp3) is 0.308. The van der Waals surface area contributed by atoms with E-state index >= 15 is 0 Å². The molecule has 4 nitrogen and oxygen atoms in total. The maximum Gasteiger partial charge on any atom is 0.0539 e. The predicted octanol–water partition coefficient (Wildman–Crippen LogP) is 2.15. The predicted molar refractivity (Wildman–Crippen MR) is 77.5 cm³/mol. The fourth-order valence-corrected chi connectivity index (χ4v) is 2.29. The van der Waals surface area contributed by atoms with Crippen LogP contribution in [0.25, 0.3) is 0 Å². The molecule has 0 bridgehead atoms. The number of aromatic nitrogens is 2. The normalized spacial score (nSPS) is 10.6. The Balaban J connectivity index is 2.17. The van der Waals surface area contributed by atoms with Crippen LogP contribution in [0.15, 0.2) is 41.1 Å². The Morgan fingerprint density at radius 3 is 2.89 bits per heavy atom. The Kier molecular flexibility index (Phi) is 4.38. The van der Waals surface area contributed by atoms with Crippen LogP contribution >= 0.6 is 15.9 Å². The van der Waals surface area contributed by atoms with Crippen molar-refractivity contribution in [2.45, 2.75) is 6.54 Å². The zero-order chi connectivity index (χ0) is 13.0. The molecule has 1 heterocycles. The minimum atomic E-state index is 0.632. The van der Waals surface area contributed by atoms with E-state index in [1.54, 1.807) is 0 Å². The van der Waals surface area contributed by atoms with Gasteiger partial charge in [0.05, 0.1) is 6.20 Å². The zero-order valence-electron chi connectivity index (χ0n) is 10.4. The summed E-state index contributed by atoms with van der Waals surface area (Å²) >= 11 is 3.50. The Labute approximate surface area is 116 Å². The van der Waals surface area contributed by atoms with Gasteiger partial charge in [0.15, 0.2) is 0 Å². The number of hydrogen-bond acceptors (Lipinski definition) is 3. The second-order valence-electron chi connectivity index (χ2n) is 4.21. The van der Waals surface area contributed by atoms with Gasteiger partial charge in [-0.3, -0.25) is 4.68 Å². The first-order chi connectivity index (χ1) is 8.69. The molecular weight excluding hydrogens is 292 g/mol. The number of benzene rings is 1. The summed E-state index contributed by atoms with van der Waals surface area (Å²) in [5.41, 5.74) is 8.04. The van der Waals surface area contributed by atoms with Gasteiger partial charge in [0, 0.05) is 48.6 Å². The lowest BCUT2D eigenvalue weighted by molar-refractivity contribution is 0.763. The molecule has 1 aromatic carbocycles. The van der Waals surface area contributed by atoms with Crippen LogP contribution in [-0.4, -0.2) is 22.9 Å². The molecule has 0 aliphatic heterocycles. The van der Waals surface area contributed by atoms with E-state index < -0.39 is 0 Å². The molecule has 0 spiro atoms. The molecule has 2 rings (SSSR count). The number of halogens is 1. The van der Waals surface area contributed by atoms with Crippen LogP contribution in [0.3, 0.4) is 0 Å². The van der Waals surface area contributed by atoms with Crippen LogP contribution in [0.5, 0.6) is 0 Å². The lowest BCUT2D eigenvalue weighted by atomic mass is 10.2. The summed E-state index contributed by atoms with van der Waals surface area (Å²) < 4.78 is 2.89. The maximum absolute atomic E-state index is 5.69. The van der Waals surface area contributed by atoms with Crippen LogP contribution in [0.1, 0.15) is 5.56 Å². The zero-order valence-corrected chi connectivity index (χ0v) is 12.0. The maximum atomic E-state index is 5.69. The summed E-state index contributed by atoms with van der Waals surface area (Å²) in [5.74, 6) is 0. The SMILES string of the molecule is Cn1cc(CN(CCN)c2cccc(Br)c2)cn1. The quantitative estimate of drug-likeness (QED) is 0.920. The third kappa shape index (κ3) is 3.34. The standard InChI is InChI=1S/C13H17BrN4/c1-17-9-11(8-16-17)10-18(6-5-15)13-4-2-3-12(14)7-13/h2-4,7-9H,5-6,10,15H2,1H3. The van der Waals surface area contributed by atoms with Gasteiger partial charge in [-0.15, -0.1) is 0 Å². The minimum absolute atomic E-state index is 0.632. The third-order valence-electron chi connectivity index (χ3n) is 2.70. The van der Waals surface area contributed by atoms with Crippen LogP contribution < -0.4 is 10.6 Å². The van der Waals surface area contributed by atoms with Gasteiger partial charge in [0.25, 0.3) is 0 Å². The van der Waals surface area contributed by atoms with E-state index in [1.807, 2.05) is 36.3 Å². The van der Waals surface area contributed by atoms with Gasteiger partial charge in [-0.05, 0) is 18.2 Å². The monoisotopic (exact) mass is 308 g/mol. The highest BCUT2D eigenvalue weighted by atomic mass is 79.9. The summed E-state index contributed by atoms with van der Waals surface area (Å²) in [6.07, 6.45) is 3.92. The van der Waals surface area contributed by atoms with Crippen molar-refractivity contribution in [1.82, 2.24) is 9.78 Å². The van der Waals surface area contributed by atoms with Gasteiger partial charge in [0.1, 0.15) is 0 Å². The number of nitrogens with zero attached hydrogens (tertiary/aromatic N) is 3. The Morgan fingerprint density at radius 1 is 1.44 bits per heavy atom. The summed E-state index contributed by atoms with van der Waals surface area (Å²) in [4.78, 5) is 2.25. The van der Waals surface area contributed by atoms with Crippen molar-refractivity contribution in [3.8, 4) is 0 Å². The highest BCUT2D eigenvalue weighted by Gasteiger charge is 2.08. The molecule has 0 saturated carbocycles. The summed E-state index contributed by atoms with van der Waals surface area (Å²) in [6, 6.07) is 8.25. The van der Waals surface area contributed by atoms with E-state index in [1.165, 1.54) is 11.3 Å². The highest BCUT2D eigenvalue weighted by molar-refractivity contribution is 9.10. The van der Waals surface area contributed by atoms with Crippen molar-refractivity contribution < 1.29 is 0 Å². The number of nitrogens with two attached hydrogens (primary N) is 1. The first-order valence-electron chi connectivity index (χ1n) is 5.87. The van der Waals surface area contributed by atoms with Gasteiger partial charge >= 0.3 is 0 Å². The molecule has 0 radical (unpaired) electrons. The van der Waals surface area contributed by atoms with Gasteiger partial charge < -0.3 is 10.6 Å². The minimum Gasteiger partial charge on any atom is -0.366 e.